The highest BCUT2D eigenvalue weighted by Crippen LogP contribution is 2.21. The van der Waals surface area contributed by atoms with Crippen LogP contribution in [0, 0.1) is 6.92 Å². The zero-order valence-electron chi connectivity index (χ0n) is 11.9. The number of hydrazone groups is 1. The van der Waals surface area contributed by atoms with Crippen LogP contribution in [-0.4, -0.2) is 18.7 Å². The zero-order valence-corrected chi connectivity index (χ0v) is 13.4. The van der Waals surface area contributed by atoms with Gasteiger partial charge >= 0.3 is 0 Å². The highest BCUT2D eigenvalue weighted by Gasteiger charge is 2.03. The molecule has 0 fully saturated rings. The summed E-state index contributed by atoms with van der Waals surface area (Å²) in [5, 5.41) is 7.81. The fourth-order valence-corrected chi connectivity index (χ4v) is 2.19. The number of rotatable bonds is 5. The molecule has 0 aromatic heterocycles. The van der Waals surface area contributed by atoms with Crippen molar-refractivity contribution in [1.82, 2.24) is 5.43 Å². The molecule has 22 heavy (non-hydrogen) atoms. The molecule has 6 heteroatoms. The molecule has 0 saturated heterocycles. The lowest BCUT2D eigenvalue weighted by atomic mass is 10.2. The second-order valence-electron chi connectivity index (χ2n) is 4.65. The highest BCUT2D eigenvalue weighted by atomic mass is 35.5. The molecule has 0 saturated carbocycles. The van der Waals surface area contributed by atoms with Gasteiger partial charge in [0.05, 0.1) is 22.8 Å². The maximum atomic E-state index is 11.7. The smallest absolute Gasteiger partial charge is 0.259 e. The molecule has 2 aromatic rings. The van der Waals surface area contributed by atoms with Gasteiger partial charge < -0.3 is 5.32 Å². The Morgan fingerprint density at radius 2 is 1.77 bits per heavy atom. The summed E-state index contributed by atoms with van der Waals surface area (Å²) in [5.74, 6) is -0.264. The van der Waals surface area contributed by atoms with E-state index in [2.05, 4.69) is 15.8 Å². The van der Waals surface area contributed by atoms with E-state index in [0.29, 0.717) is 15.6 Å². The Bertz CT molecular complexity index is 664. The monoisotopic (exact) mass is 335 g/mol. The lowest BCUT2D eigenvalue weighted by Crippen LogP contribution is -2.25. The first-order valence-corrected chi connectivity index (χ1v) is 7.38. The van der Waals surface area contributed by atoms with Crippen molar-refractivity contribution in [1.29, 1.82) is 0 Å². The van der Waals surface area contributed by atoms with E-state index in [1.54, 1.807) is 18.2 Å². The van der Waals surface area contributed by atoms with Crippen molar-refractivity contribution in [3.8, 4) is 0 Å². The van der Waals surface area contributed by atoms with E-state index in [1.807, 2.05) is 31.2 Å². The third-order valence-corrected chi connectivity index (χ3v) is 3.55. The number of carbonyl (C=O) groups is 1. The molecule has 0 aliphatic carbocycles. The summed E-state index contributed by atoms with van der Waals surface area (Å²) in [4.78, 5) is 11.7. The standard InChI is InChI=1S/C16H15Cl2N3O/c1-11-5-7-12(8-6-11)19-10-16(22)21-20-9-13-14(17)3-2-4-15(13)18/h2-9,19H,10H2,1H3,(H,21,22). The second-order valence-corrected chi connectivity index (χ2v) is 5.46. The van der Waals surface area contributed by atoms with E-state index >= 15 is 0 Å². The predicted octanol–water partition coefficient (Wildman–Crippen LogP) is 3.86. The van der Waals surface area contributed by atoms with Gasteiger partial charge in [0, 0.05) is 11.3 Å². The van der Waals surface area contributed by atoms with Gasteiger partial charge in [-0.1, -0.05) is 47.0 Å². The lowest BCUT2D eigenvalue weighted by Gasteiger charge is -2.05. The van der Waals surface area contributed by atoms with E-state index < -0.39 is 0 Å². The van der Waals surface area contributed by atoms with E-state index in [9.17, 15) is 4.79 Å². The summed E-state index contributed by atoms with van der Waals surface area (Å²) in [7, 11) is 0. The number of halogens is 2. The topological polar surface area (TPSA) is 53.5 Å². The first-order chi connectivity index (χ1) is 10.6. The molecular formula is C16H15Cl2N3O. The lowest BCUT2D eigenvalue weighted by molar-refractivity contribution is -0.119. The number of aryl methyl sites for hydroxylation is 1. The van der Waals surface area contributed by atoms with Gasteiger partial charge in [-0.2, -0.15) is 5.10 Å². The van der Waals surface area contributed by atoms with Crippen LogP contribution >= 0.6 is 23.2 Å². The Hall–Kier alpha value is -2.04. The van der Waals surface area contributed by atoms with Crippen LogP contribution in [-0.2, 0) is 4.79 Å². The van der Waals surface area contributed by atoms with E-state index in [0.717, 1.165) is 11.3 Å². The Labute approximate surface area is 139 Å². The van der Waals surface area contributed by atoms with Crippen molar-refractivity contribution in [2.24, 2.45) is 5.10 Å². The van der Waals surface area contributed by atoms with Gasteiger partial charge in [0.25, 0.3) is 5.91 Å². The van der Waals surface area contributed by atoms with Crippen molar-refractivity contribution in [3.05, 3.63) is 63.6 Å². The molecule has 114 valence electrons. The number of nitrogens with one attached hydrogen (secondary N) is 2. The average Bonchev–Trinajstić information content (AvgIpc) is 2.50. The quantitative estimate of drug-likeness (QED) is 0.643. The molecule has 0 bridgehead atoms. The van der Waals surface area contributed by atoms with Gasteiger partial charge in [-0.05, 0) is 31.2 Å². The molecule has 0 heterocycles. The predicted molar refractivity (Wildman–Crippen MR) is 91.9 cm³/mol. The number of hydrogen-bond donors (Lipinski definition) is 2. The fourth-order valence-electron chi connectivity index (χ4n) is 1.70. The number of anilines is 1. The molecule has 0 unspecified atom stereocenters. The maximum Gasteiger partial charge on any atom is 0.259 e. The number of nitrogens with zero attached hydrogens (tertiary/aromatic N) is 1. The SMILES string of the molecule is Cc1ccc(NCC(=O)NN=Cc2c(Cl)cccc2Cl)cc1. The number of benzene rings is 2. The first kappa shape index (κ1) is 16.3. The molecule has 0 atom stereocenters. The minimum atomic E-state index is -0.264. The number of amides is 1. The van der Waals surface area contributed by atoms with Gasteiger partial charge in [0.2, 0.25) is 0 Å². The Morgan fingerprint density at radius 1 is 1.14 bits per heavy atom. The molecule has 1 amide bonds. The van der Waals surface area contributed by atoms with E-state index in [4.69, 9.17) is 23.2 Å². The molecule has 4 nitrogen and oxygen atoms in total. The number of carbonyl (C=O) groups excluding carboxylic acids is 1. The van der Waals surface area contributed by atoms with Crippen molar-refractivity contribution < 1.29 is 4.79 Å². The minimum Gasteiger partial charge on any atom is -0.376 e. The van der Waals surface area contributed by atoms with E-state index in [1.165, 1.54) is 6.21 Å². The van der Waals surface area contributed by atoms with Crippen LogP contribution in [0.4, 0.5) is 5.69 Å². The zero-order chi connectivity index (χ0) is 15.9. The maximum absolute atomic E-state index is 11.7. The Morgan fingerprint density at radius 3 is 2.41 bits per heavy atom. The molecule has 2 N–H and O–H groups in total. The molecule has 0 radical (unpaired) electrons. The summed E-state index contributed by atoms with van der Waals surface area (Å²) in [6.07, 6.45) is 1.43. The largest absolute Gasteiger partial charge is 0.376 e. The third-order valence-electron chi connectivity index (χ3n) is 2.89. The van der Waals surface area contributed by atoms with Crippen LogP contribution in [0.3, 0.4) is 0 Å². The molecule has 2 rings (SSSR count). The molecule has 0 aliphatic heterocycles. The van der Waals surface area contributed by atoms with Crippen molar-refractivity contribution in [2.75, 3.05) is 11.9 Å². The Balaban J connectivity index is 1.85. The minimum absolute atomic E-state index is 0.122. The van der Waals surface area contributed by atoms with Crippen molar-refractivity contribution in [3.63, 3.8) is 0 Å². The normalized spacial score (nSPS) is 10.7. The van der Waals surface area contributed by atoms with Crippen LogP contribution < -0.4 is 10.7 Å². The highest BCUT2D eigenvalue weighted by molar-refractivity contribution is 6.38. The summed E-state index contributed by atoms with van der Waals surface area (Å²) in [5.41, 5.74) is 5.02. The van der Waals surface area contributed by atoms with Crippen LogP contribution in [0.25, 0.3) is 0 Å². The van der Waals surface area contributed by atoms with Gasteiger partial charge in [0.1, 0.15) is 0 Å². The van der Waals surface area contributed by atoms with Crippen LogP contribution in [0.5, 0.6) is 0 Å². The fraction of sp³-hybridized carbons (Fsp3) is 0.125. The van der Waals surface area contributed by atoms with Gasteiger partial charge in [0.15, 0.2) is 0 Å². The molecule has 0 spiro atoms. The summed E-state index contributed by atoms with van der Waals surface area (Å²) in [6.45, 7) is 2.13. The average molecular weight is 336 g/mol. The summed E-state index contributed by atoms with van der Waals surface area (Å²) in [6, 6.07) is 12.9. The van der Waals surface area contributed by atoms with Crippen LogP contribution in [0.1, 0.15) is 11.1 Å². The molecule has 2 aromatic carbocycles. The second kappa shape index (κ2) is 7.82. The summed E-state index contributed by atoms with van der Waals surface area (Å²) < 4.78 is 0. The summed E-state index contributed by atoms with van der Waals surface area (Å²) >= 11 is 12.0. The Kier molecular flexibility index (Phi) is 5.81. The number of hydrogen-bond acceptors (Lipinski definition) is 3. The van der Waals surface area contributed by atoms with Crippen LogP contribution in [0.15, 0.2) is 47.6 Å². The van der Waals surface area contributed by atoms with Crippen molar-refractivity contribution in [2.45, 2.75) is 6.92 Å². The third kappa shape index (κ3) is 4.76. The van der Waals surface area contributed by atoms with Gasteiger partial charge in [-0.15, -0.1) is 0 Å². The van der Waals surface area contributed by atoms with Crippen LogP contribution in [0.2, 0.25) is 10.0 Å². The first-order valence-electron chi connectivity index (χ1n) is 6.63. The van der Waals surface area contributed by atoms with E-state index in [-0.39, 0.29) is 12.5 Å². The van der Waals surface area contributed by atoms with Gasteiger partial charge in [-0.3, -0.25) is 4.79 Å². The molecular weight excluding hydrogens is 321 g/mol. The molecule has 0 aliphatic rings. The van der Waals surface area contributed by atoms with Crippen molar-refractivity contribution >= 4 is 41.0 Å². The van der Waals surface area contributed by atoms with Gasteiger partial charge in [-0.25, -0.2) is 5.43 Å².